The van der Waals surface area contributed by atoms with E-state index in [-0.39, 0.29) is 12.1 Å². The molecule has 0 saturated carbocycles. The van der Waals surface area contributed by atoms with Crippen LogP contribution in [0.4, 0.5) is 0 Å². The van der Waals surface area contributed by atoms with Crippen molar-refractivity contribution in [3.05, 3.63) is 69.4 Å². The van der Waals surface area contributed by atoms with Gasteiger partial charge in [-0.25, -0.2) is 4.98 Å². The van der Waals surface area contributed by atoms with Crippen molar-refractivity contribution >= 4 is 16.9 Å². The maximum Gasteiger partial charge on any atom is 0.188 e. The second kappa shape index (κ2) is 7.04. The van der Waals surface area contributed by atoms with Crippen molar-refractivity contribution < 1.29 is 4.74 Å². The zero-order valence-corrected chi connectivity index (χ0v) is 16.1. The maximum atomic E-state index is 9.42. The molecule has 1 aromatic heterocycles. The fourth-order valence-corrected chi connectivity index (χ4v) is 4.34. The standard InChI is InChI=1S/C22H19N3OS/c1-13(2)26-20-9-6-14(10-15(20)11-23)22-25-12-21(27-22)18-5-3-4-17-16(18)7-8-19(17)24/h3-5,10,12-13,19H,7-8,24H2,1-2H3. The molecule has 134 valence electrons. The average Bonchev–Trinajstić information content (AvgIpc) is 3.29. The van der Waals surface area contributed by atoms with Gasteiger partial charge in [-0.3, -0.25) is 0 Å². The molecule has 0 saturated heterocycles. The third-order valence-corrected chi connectivity index (χ3v) is 5.70. The first-order valence-electron chi connectivity index (χ1n) is 8.95. The van der Waals surface area contributed by atoms with Gasteiger partial charge in [0.25, 0.3) is 0 Å². The third-order valence-electron chi connectivity index (χ3n) is 4.64. The molecular weight excluding hydrogens is 354 g/mol. The first kappa shape index (κ1) is 17.5. The zero-order chi connectivity index (χ0) is 19.0. The van der Waals surface area contributed by atoms with Gasteiger partial charge in [0.1, 0.15) is 16.6 Å². The molecule has 0 spiro atoms. The van der Waals surface area contributed by atoms with Crippen LogP contribution < -0.4 is 5.73 Å². The van der Waals surface area contributed by atoms with Gasteiger partial charge in [-0.2, -0.15) is 5.26 Å². The average molecular weight is 373 g/mol. The Morgan fingerprint density at radius 2 is 2.22 bits per heavy atom. The molecule has 0 fully saturated rings. The molecule has 2 aromatic rings. The van der Waals surface area contributed by atoms with E-state index in [2.05, 4.69) is 40.7 Å². The van der Waals surface area contributed by atoms with Crippen molar-refractivity contribution in [2.75, 3.05) is 0 Å². The van der Waals surface area contributed by atoms with E-state index in [1.54, 1.807) is 17.4 Å². The summed E-state index contributed by atoms with van der Waals surface area (Å²) < 4.78 is 5.62. The summed E-state index contributed by atoms with van der Waals surface area (Å²) in [5, 5.41) is 10.2. The highest BCUT2D eigenvalue weighted by Crippen LogP contribution is 2.39. The highest BCUT2D eigenvalue weighted by molar-refractivity contribution is 7.16. The van der Waals surface area contributed by atoms with Crippen molar-refractivity contribution in [1.82, 2.24) is 4.98 Å². The molecular formula is C22H19N3OS. The van der Waals surface area contributed by atoms with E-state index in [1.165, 1.54) is 16.7 Å². The second-order valence-electron chi connectivity index (χ2n) is 6.88. The quantitative estimate of drug-likeness (QED) is 0.791. The minimum absolute atomic E-state index is 0.0226. The summed E-state index contributed by atoms with van der Waals surface area (Å²) in [4.78, 5) is 5.66. The van der Waals surface area contributed by atoms with E-state index >= 15 is 0 Å². The lowest BCUT2D eigenvalue weighted by Gasteiger charge is -2.11. The number of hydrogen-bond donors (Lipinski definition) is 1. The van der Waals surface area contributed by atoms with Crippen molar-refractivity contribution in [2.24, 2.45) is 5.73 Å². The molecule has 1 unspecified atom stereocenters. The summed E-state index contributed by atoms with van der Waals surface area (Å²) in [5.74, 6) is 0.433. The molecule has 0 aliphatic heterocycles. The van der Waals surface area contributed by atoms with Crippen LogP contribution in [0.25, 0.3) is 16.0 Å². The molecule has 0 amide bonds. The molecule has 4 rings (SSSR count). The van der Waals surface area contributed by atoms with Crippen molar-refractivity contribution in [3.8, 4) is 16.5 Å². The largest absolute Gasteiger partial charge is 0.481 e. The van der Waals surface area contributed by atoms with Crippen LogP contribution >= 0.6 is 11.3 Å². The summed E-state index contributed by atoms with van der Waals surface area (Å²) in [6, 6.07) is 8.61. The molecule has 1 atom stereocenters. The molecule has 2 aliphatic rings. The fourth-order valence-electron chi connectivity index (χ4n) is 3.40. The maximum absolute atomic E-state index is 9.42. The molecule has 1 aromatic carbocycles. The van der Waals surface area contributed by atoms with Crippen LogP contribution in [0, 0.1) is 11.3 Å². The number of nitriles is 1. The van der Waals surface area contributed by atoms with E-state index in [0.29, 0.717) is 11.3 Å². The smallest absolute Gasteiger partial charge is 0.188 e. The molecule has 27 heavy (non-hydrogen) atoms. The second-order valence-corrected chi connectivity index (χ2v) is 7.91. The number of hydrogen-bond acceptors (Lipinski definition) is 5. The Balaban J connectivity index is 1.73. The number of thiazole rings is 1. The van der Waals surface area contributed by atoms with E-state index in [1.807, 2.05) is 20.0 Å². The summed E-state index contributed by atoms with van der Waals surface area (Å²) in [6.07, 6.45) is 5.62. The van der Waals surface area contributed by atoms with E-state index in [4.69, 9.17) is 10.5 Å². The van der Waals surface area contributed by atoms with Crippen LogP contribution in [0.15, 0.2) is 53.3 Å². The predicted octanol–water partition coefficient (Wildman–Crippen LogP) is 4.67. The number of fused-ring (bicyclic) bond motifs is 1. The van der Waals surface area contributed by atoms with Gasteiger partial charge in [0.05, 0.1) is 16.6 Å². The number of nitrogens with zero attached hydrogens (tertiary/aromatic N) is 2. The predicted molar refractivity (Wildman–Crippen MR) is 107 cm³/mol. The number of aromatic nitrogens is 1. The lowest BCUT2D eigenvalue weighted by molar-refractivity contribution is 0.156. The first-order chi connectivity index (χ1) is 13.1. The molecule has 0 radical (unpaired) electrons. The van der Waals surface area contributed by atoms with Crippen molar-refractivity contribution in [2.45, 2.75) is 38.8 Å². The minimum Gasteiger partial charge on any atom is -0.481 e. The Kier molecular flexibility index (Phi) is 4.58. The van der Waals surface area contributed by atoms with Crippen LogP contribution in [0.5, 0.6) is 0 Å². The number of benzene rings is 1. The monoisotopic (exact) mass is 373 g/mol. The van der Waals surface area contributed by atoms with Crippen LogP contribution in [0.2, 0.25) is 0 Å². The lowest BCUT2D eigenvalue weighted by Crippen LogP contribution is -2.04. The van der Waals surface area contributed by atoms with Crippen LogP contribution in [-0.4, -0.2) is 11.1 Å². The molecule has 1 heterocycles. The molecule has 2 N–H and O–H groups in total. The van der Waals surface area contributed by atoms with Crippen LogP contribution in [0.1, 0.15) is 42.4 Å². The highest BCUT2D eigenvalue weighted by atomic mass is 32.1. The number of nitrogens with two attached hydrogens (primary N) is 1. The summed E-state index contributed by atoms with van der Waals surface area (Å²) in [6.45, 7) is 3.83. The molecule has 4 nitrogen and oxygen atoms in total. The fraction of sp³-hybridized carbons (Fsp3) is 0.273. The van der Waals surface area contributed by atoms with E-state index in [0.717, 1.165) is 28.3 Å². The third kappa shape index (κ3) is 3.28. The summed E-state index contributed by atoms with van der Waals surface area (Å²) in [7, 11) is 0. The number of rotatable bonds is 4. The van der Waals surface area contributed by atoms with Crippen molar-refractivity contribution in [1.29, 1.82) is 5.26 Å². The van der Waals surface area contributed by atoms with Gasteiger partial charge in [-0.15, -0.1) is 11.3 Å². The van der Waals surface area contributed by atoms with Crippen LogP contribution in [0.3, 0.4) is 0 Å². The van der Waals surface area contributed by atoms with Gasteiger partial charge in [0, 0.05) is 12.2 Å². The summed E-state index contributed by atoms with van der Waals surface area (Å²) in [5.41, 5.74) is 17.2. The number of allylic oxidation sites excluding steroid dienone is 3. The van der Waals surface area contributed by atoms with Gasteiger partial charge in [-0.1, -0.05) is 23.9 Å². The lowest BCUT2D eigenvalue weighted by atomic mass is 10.0. The number of ether oxygens (including phenoxy) is 1. The Hall–Kier alpha value is -2.86. The van der Waals surface area contributed by atoms with Crippen molar-refractivity contribution in [3.63, 3.8) is 0 Å². The highest BCUT2D eigenvalue weighted by Gasteiger charge is 2.23. The molecule has 5 heteroatoms. The van der Waals surface area contributed by atoms with E-state index in [9.17, 15) is 5.26 Å². The Bertz CT molecular complexity index is 1090. The normalized spacial score (nSPS) is 17.9. The summed E-state index contributed by atoms with van der Waals surface area (Å²) >= 11 is 1.59. The van der Waals surface area contributed by atoms with E-state index < -0.39 is 0 Å². The molecule has 0 bridgehead atoms. The topological polar surface area (TPSA) is 71.9 Å². The van der Waals surface area contributed by atoms with Gasteiger partial charge >= 0.3 is 0 Å². The van der Waals surface area contributed by atoms with Gasteiger partial charge in [0.15, 0.2) is 5.76 Å². The Morgan fingerprint density at radius 3 is 3.00 bits per heavy atom. The minimum atomic E-state index is -0.0226. The first-order valence-corrected chi connectivity index (χ1v) is 9.77. The Labute approximate surface area is 162 Å². The SMILES string of the molecule is CC(C)OC1=C=C=C(c2ncc(-c3cccc4c3CCC4N)s2)C=C1C#N. The van der Waals surface area contributed by atoms with Gasteiger partial charge in [-0.05, 0) is 55.2 Å². The zero-order valence-electron chi connectivity index (χ0n) is 15.2. The molecule has 2 aliphatic carbocycles. The van der Waals surface area contributed by atoms with Gasteiger partial charge < -0.3 is 10.5 Å². The Morgan fingerprint density at radius 1 is 1.37 bits per heavy atom. The van der Waals surface area contributed by atoms with Gasteiger partial charge in [0.2, 0.25) is 0 Å². The van der Waals surface area contributed by atoms with Crippen LogP contribution in [-0.2, 0) is 11.2 Å².